The molecule has 0 aromatic heterocycles. The molecular weight excluding hydrogens is 192 g/mol. The van der Waals surface area contributed by atoms with Crippen molar-refractivity contribution >= 4 is 11.8 Å². The minimum absolute atomic E-state index is 0.205. The summed E-state index contributed by atoms with van der Waals surface area (Å²) >= 11 is 1.97. The predicted molar refractivity (Wildman–Crippen MR) is 66.9 cm³/mol. The number of hydrogen-bond donors (Lipinski definition) is 1. The van der Waals surface area contributed by atoms with E-state index >= 15 is 0 Å². The van der Waals surface area contributed by atoms with Crippen LogP contribution >= 0.6 is 11.8 Å². The molecule has 0 aromatic rings. The Hall–Kier alpha value is 0.310. The Balaban J connectivity index is 4.09. The normalized spacial score (nSPS) is 14.6. The molecule has 0 heterocycles. The van der Waals surface area contributed by atoms with Crippen molar-refractivity contribution in [3.63, 3.8) is 0 Å². The average molecular weight is 218 g/mol. The third kappa shape index (κ3) is 8.89. The van der Waals surface area contributed by atoms with E-state index in [0.29, 0.717) is 4.75 Å². The zero-order chi connectivity index (χ0) is 11.6. The van der Waals surface area contributed by atoms with Gasteiger partial charge in [0.05, 0.1) is 5.60 Å². The number of aliphatic hydroxyl groups is 1. The fourth-order valence-electron chi connectivity index (χ4n) is 1.63. The van der Waals surface area contributed by atoms with Crippen LogP contribution in [-0.2, 0) is 0 Å². The standard InChI is InChI=1S/C12H26OS/c1-10(2,3)14-9-11(4,5)8-12(6,7)13/h13H,8-9H2,1-7H3. The van der Waals surface area contributed by atoms with Gasteiger partial charge in [0, 0.05) is 4.75 Å². The lowest BCUT2D eigenvalue weighted by Crippen LogP contribution is -2.30. The molecule has 86 valence electrons. The van der Waals surface area contributed by atoms with Crippen molar-refractivity contribution in [2.24, 2.45) is 5.41 Å². The smallest absolute Gasteiger partial charge is 0.0597 e. The molecule has 0 unspecified atom stereocenters. The Kier molecular flexibility index (Phi) is 4.54. The fourth-order valence-corrected chi connectivity index (χ4v) is 2.56. The molecule has 14 heavy (non-hydrogen) atoms. The van der Waals surface area contributed by atoms with Crippen molar-refractivity contribution < 1.29 is 5.11 Å². The van der Waals surface area contributed by atoms with Crippen molar-refractivity contribution in [1.29, 1.82) is 0 Å². The average Bonchev–Trinajstić information content (AvgIpc) is 1.76. The summed E-state index contributed by atoms with van der Waals surface area (Å²) in [5.74, 6) is 1.10. The van der Waals surface area contributed by atoms with E-state index in [1.807, 2.05) is 25.6 Å². The molecule has 0 amide bonds. The van der Waals surface area contributed by atoms with Gasteiger partial charge in [0.15, 0.2) is 0 Å². The van der Waals surface area contributed by atoms with Crippen LogP contribution in [0.1, 0.15) is 54.9 Å². The summed E-state index contributed by atoms with van der Waals surface area (Å²) in [7, 11) is 0. The molecule has 0 aromatic carbocycles. The van der Waals surface area contributed by atoms with Gasteiger partial charge in [0.2, 0.25) is 0 Å². The zero-order valence-corrected chi connectivity index (χ0v) is 11.6. The van der Waals surface area contributed by atoms with Gasteiger partial charge in [-0.25, -0.2) is 0 Å². The monoisotopic (exact) mass is 218 g/mol. The molecule has 0 spiro atoms. The minimum Gasteiger partial charge on any atom is -0.390 e. The van der Waals surface area contributed by atoms with Gasteiger partial charge in [0.1, 0.15) is 0 Å². The van der Waals surface area contributed by atoms with Gasteiger partial charge in [-0.15, -0.1) is 0 Å². The molecular formula is C12H26OS. The number of hydrogen-bond acceptors (Lipinski definition) is 2. The van der Waals surface area contributed by atoms with E-state index in [0.717, 1.165) is 12.2 Å². The Bertz CT molecular complexity index is 172. The summed E-state index contributed by atoms with van der Waals surface area (Å²) in [5.41, 5.74) is -0.349. The Labute approximate surface area is 93.7 Å². The first-order chi connectivity index (χ1) is 5.91. The fraction of sp³-hybridized carbons (Fsp3) is 1.00. The number of thioether (sulfide) groups is 1. The van der Waals surface area contributed by atoms with Gasteiger partial charge in [-0.05, 0) is 31.4 Å². The summed E-state index contributed by atoms with van der Waals surface area (Å²) < 4.78 is 0.316. The summed E-state index contributed by atoms with van der Waals surface area (Å²) in [5, 5.41) is 9.77. The molecule has 2 heteroatoms. The van der Waals surface area contributed by atoms with E-state index in [9.17, 15) is 5.11 Å². The van der Waals surface area contributed by atoms with Gasteiger partial charge >= 0.3 is 0 Å². The molecule has 0 aliphatic carbocycles. The molecule has 1 nitrogen and oxygen atoms in total. The molecule has 0 fully saturated rings. The molecule has 0 aliphatic rings. The van der Waals surface area contributed by atoms with Crippen LogP contribution in [0.4, 0.5) is 0 Å². The third-order valence-corrected chi connectivity index (χ3v) is 3.60. The highest BCUT2D eigenvalue weighted by molar-refractivity contribution is 8.00. The quantitative estimate of drug-likeness (QED) is 0.776. The van der Waals surface area contributed by atoms with E-state index in [4.69, 9.17) is 0 Å². The first-order valence-electron chi connectivity index (χ1n) is 5.28. The van der Waals surface area contributed by atoms with Crippen molar-refractivity contribution in [3.8, 4) is 0 Å². The molecule has 1 N–H and O–H groups in total. The zero-order valence-electron chi connectivity index (χ0n) is 10.8. The minimum atomic E-state index is -0.554. The first kappa shape index (κ1) is 14.3. The summed E-state index contributed by atoms with van der Waals surface area (Å²) in [6.07, 6.45) is 0.850. The van der Waals surface area contributed by atoms with Gasteiger partial charge in [0.25, 0.3) is 0 Å². The molecule has 0 atom stereocenters. The van der Waals surface area contributed by atoms with E-state index in [2.05, 4.69) is 34.6 Å². The lowest BCUT2D eigenvalue weighted by atomic mass is 9.84. The van der Waals surface area contributed by atoms with E-state index in [1.54, 1.807) is 0 Å². The van der Waals surface area contributed by atoms with Crippen molar-refractivity contribution in [2.45, 2.75) is 65.2 Å². The topological polar surface area (TPSA) is 20.2 Å². The Morgan fingerprint density at radius 3 is 1.64 bits per heavy atom. The molecule has 0 aliphatic heterocycles. The maximum atomic E-state index is 9.77. The highest BCUT2D eigenvalue weighted by Crippen LogP contribution is 2.35. The lowest BCUT2D eigenvalue weighted by Gasteiger charge is -2.33. The molecule has 0 bridgehead atoms. The second-order valence-corrected chi connectivity index (χ2v) is 8.36. The third-order valence-electron chi connectivity index (χ3n) is 1.81. The van der Waals surface area contributed by atoms with Gasteiger partial charge < -0.3 is 5.11 Å². The predicted octanol–water partition coefficient (Wildman–Crippen LogP) is 3.71. The van der Waals surface area contributed by atoms with E-state index in [1.165, 1.54) is 0 Å². The second kappa shape index (κ2) is 4.44. The molecule has 0 rings (SSSR count). The van der Waals surface area contributed by atoms with Gasteiger partial charge in [-0.1, -0.05) is 34.6 Å². The van der Waals surface area contributed by atoms with Crippen LogP contribution in [0.3, 0.4) is 0 Å². The van der Waals surface area contributed by atoms with Crippen LogP contribution in [0.25, 0.3) is 0 Å². The number of rotatable bonds is 4. The Morgan fingerprint density at radius 2 is 1.36 bits per heavy atom. The summed E-state index contributed by atoms with van der Waals surface area (Å²) in [4.78, 5) is 0. The van der Waals surface area contributed by atoms with E-state index < -0.39 is 5.60 Å². The summed E-state index contributed by atoms with van der Waals surface area (Å²) in [6.45, 7) is 14.9. The molecule has 0 saturated heterocycles. The maximum absolute atomic E-state index is 9.77. The lowest BCUT2D eigenvalue weighted by molar-refractivity contribution is 0.0382. The largest absolute Gasteiger partial charge is 0.390 e. The first-order valence-corrected chi connectivity index (χ1v) is 6.26. The van der Waals surface area contributed by atoms with Crippen molar-refractivity contribution in [3.05, 3.63) is 0 Å². The Morgan fingerprint density at radius 1 is 0.929 bits per heavy atom. The highest BCUT2D eigenvalue weighted by Gasteiger charge is 2.28. The van der Waals surface area contributed by atoms with Crippen LogP contribution in [0, 0.1) is 5.41 Å². The van der Waals surface area contributed by atoms with Crippen LogP contribution < -0.4 is 0 Å². The van der Waals surface area contributed by atoms with Gasteiger partial charge in [-0.2, -0.15) is 11.8 Å². The van der Waals surface area contributed by atoms with E-state index in [-0.39, 0.29) is 5.41 Å². The van der Waals surface area contributed by atoms with Crippen LogP contribution in [0.5, 0.6) is 0 Å². The molecule has 0 radical (unpaired) electrons. The van der Waals surface area contributed by atoms with Crippen LogP contribution in [-0.4, -0.2) is 21.2 Å². The van der Waals surface area contributed by atoms with Gasteiger partial charge in [-0.3, -0.25) is 0 Å². The molecule has 0 saturated carbocycles. The highest BCUT2D eigenvalue weighted by atomic mass is 32.2. The van der Waals surface area contributed by atoms with Crippen LogP contribution in [0.15, 0.2) is 0 Å². The second-order valence-electron chi connectivity index (χ2n) is 6.55. The SMILES string of the molecule is CC(C)(O)CC(C)(C)CSC(C)(C)C. The van der Waals surface area contributed by atoms with Crippen molar-refractivity contribution in [2.75, 3.05) is 5.75 Å². The van der Waals surface area contributed by atoms with Crippen LogP contribution in [0.2, 0.25) is 0 Å². The summed E-state index contributed by atoms with van der Waals surface area (Å²) in [6, 6.07) is 0. The maximum Gasteiger partial charge on any atom is 0.0597 e. The van der Waals surface area contributed by atoms with Crippen molar-refractivity contribution in [1.82, 2.24) is 0 Å².